The van der Waals surface area contributed by atoms with Crippen molar-refractivity contribution in [3.63, 3.8) is 0 Å². The van der Waals surface area contributed by atoms with Gasteiger partial charge in [-0.3, -0.25) is 10.1 Å². The normalized spacial score (nSPS) is 16.0. The third-order valence-electron chi connectivity index (χ3n) is 3.01. The fraction of sp³-hybridized carbons (Fsp3) is 0.0714. The summed E-state index contributed by atoms with van der Waals surface area (Å²) in [7, 11) is 0. The molecule has 0 amide bonds. The number of nitrogens with one attached hydrogen (secondary N) is 1. The molecule has 1 N–H and O–H groups in total. The number of para-hydroxylation sites is 1. The Morgan fingerprint density at radius 3 is 2.81 bits per heavy atom. The van der Waals surface area contributed by atoms with Gasteiger partial charge in [-0.05, 0) is 24.3 Å². The molecule has 0 saturated heterocycles. The van der Waals surface area contributed by atoms with E-state index in [-0.39, 0.29) is 5.84 Å². The summed E-state index contributed by atoms with van der Waals surface area (Å²) in [5.74, 6) is 0.587. The van der Waals surface area contributed by atoms with E-state index in [1.54, 1.807) is 48.5 Å². The average Bonchev–Trinajstić information content (AvgIpc) is 2.83. The van der Waals surface area contributed by atoms with E-state index in [0.717, 1.165) is 0 Å². The Kier molecular flexibility index (Phi) is 3.45. The molecule has 1 heterocycles. The molecule has 0 saturated carbocycles. The fourth-order valence-corrected chi connectivity index (χ4v) is 2.27. The smallest absolute Gasteiger partial charge is 0.299 e. The first-order valence-electron chi connectivity index (χ1n) is 6.14. The van der Waals surface area contributed by atoms with Crippen molar-refractivity contribution in [2.75, 3.05) is 0 Å². The summed E-state index contributed by atoms with van der Waals surface area (Å²) in [6, 6.07) is 12.6. The number of hydrogen-bond donors (Lipinski definition) is 1. The van der Waals surface area contributed by atoms with Crippen LogP contribution in [-0.2, 0) is 0 Å². The fourth-order valence-electron chi connectivity index (χ4n) is 2.09. The van der Waals surface area contributed by atoms with Gasteiger partial charge in [-0.25, -0.2) is 10.5 Å². The highest BCUT2D eigenvalue weighted by Crippen LogP contribution is 2.34. The number of halogens is 1. The van der Waals surface area contributed by atoms with Gasteiger partial charge < -0.3 is 4.84 Å². The summed E-state index contributed by atoms with van der Waals surface area (Å²) in [6.45, 7) is 0. The number of benzene rings is 2. The van der Waals surface area contributed by atoms with E-state index in [4.69, 9.17) is 16.4 Å². The molecule has 21 heavy (non-hydrogen) atoms. The lowest BCUT2D eigenvalue weighted by Crippen LogP contribution is -2.33. The number of nitrogens with zero attached hydrogens (tertiary/aromatic N) is 2. The molecule has 2 aromatic rings. The number of hydrogen-bond acceptors (Lipinski definition) is 5. The van der Waals surface area contributed by atoms with Crippen LogP contribution in [-0.4, -0.2) is 10.8 Å². The number of rotatable bonds is 3. The number of aliphatic imine (C=N–C) groups is 1. The van der Waals surface area contributed by atoms with Gasteiger partial charge in [-0.2, -0.15) is 0 Å². The van der Waals surface area contributed by atoms with E-state index < -0.39 is 11.0 Å². The number of hydroxylamine groups is 1. The minimum absolute atomic E-state index is 0.140. The highest BCUT2D eigenvalue weighted by Gasteiger charge is 2.37. The van der Waals surface area contributed by atoms with Crippen LogP contribution in [0.3, 0.4) is 0 Å². The van der Waals surface area contributed by atoms with Gasteiger partial charge in [0.1, 0.15) is 0 Å². The minimum Gasteiger partial charge on any atom is -0.381 e. The van der Waals surface area contributed by atoms with Crippen LogP contribution in [0, 0.1) is 10.1 Å². The molecule has 0 fully saturated rings. The van der Waals surface area contributed by atoms with Gasteiger partial charge in [0.05, 0.1) is 11.3 Å². The van der Waals surface area contributed by atoms with Crippen molar-refractivity contribution in [3.05, 3.63) is 69.2 Å². The van der Waals surface area contributed by atoms with Gasteiger partial charge in [0.15, 0.2) is 5.75 Å². The van der Waals surface area contributed by atoms with Crippen LogP contribution in [0.15, 0.2) is 53.5 Å². The van der Waals surface area contributed by atoms with E-state index in [0.29, 0.717) is 22.0 Å². The largest absolute Gasteiger partial charge is 0.381 e. The van der Waals surface area contributed by atoms with E-state index in [2.05, 4.69) is 10.5 Å². The van der Waals surface area contributed by atoms with Crippen LogP contribution < -0.4 is 10.3 Å². The molecule has 0 aromatic heterocycles. The second-order valence-corrected chi connectivity index (χ2v) is 4.84. The van der Waals surface area contributed by atoms with E-state index in [9.17, 15) is 10.1 Å². The molecule has 0 aliphatic carbocycles. The van der Waals surface area contributed by atoms with Crippen molar-refractivity contribution in [3.8, 4) is 5.75 Å². The predicted molar refractivity (Wildman–Crippen MR) is 78.5 cm³/mol. The second kappa shape index (κ2) is 5.41. The Bertz CT molecular complexity index is 733. The predicted octanol–water partition coefficient (Wildman–Crippen LogP) is 3.29. The summed E-state index contributed by atoms with van der Waals surface area (Å²) >= 11 is 5.85. The molecule has 0 bridgehead atoms. The Labute approximate surface area is 125 Å². The molecule has 7 heteroatoms. The van der Waals surface area contributed by atoms with Crippen LogP contribution in [0.4, 0.5) is 5.69 Å². The van der Waals surface area contributed by atoms with Gasteiger partial charge >= 0.3 is 0 Å². The first-order valence-corrected chi connectivity index (χ1v) is 6.52. The molecule has 0 spiro atoms. The maximum Gasteiger partial charge on any atom is 0.299 e. The van der Waals surface area contributed by atoms with Crippen LogP contribution >= 0.6 is 11.6 Å². The minimum atomic E-state index is -1.06. The lowest BCUT2D eigenvalue weighted by Gasteiger charge is -2.10. The second-order valence-electron chi connectivity index (χ2n) is 4.41. The molecule has 2 aromatic carbocycles. The molecular weight excluding hydrogens is 294 g/mol. The maximum atomic E-state index is 11.2. The van der Waals surface area contributed by atoms with Crippen LogP contribution in [0.2, 0.25) is 5.02 Å². The SMILES string of the molecule is O=[N+]([O-])C1C(NOc2cccc(Cl)c2)=Nc2ccccc21. The van der Waals surface area contributed by atoms with Crippen molar-refractivity contribution < 1.29 is 9.76 Å². The van der Waals surface area contributed by atoms with Crippen molar-refractivity contribution in [2.45, 2.75) is 6.04 Å². The molecule has 1 atom stereocenters. The monoisotopic (exact) mass is 303 g/mol. The lowest BCUT2D eigenvalue weighted by atomic mass is 10.1. The van der Waals surface area contributed by atoms with Crippen molar-refractivity contribution in [1.82, 2.24) is 5.48 Å². The quantitative estimate of drug-likeness (QED) is 0.697. The lowest BCUT2D eigenvalue weighted by molar-refractivity contribution is -0.508. The zero-order valence-corrected chi connectivity index (χ0v) is 11.4. The zero-order valence-electron chi connectivity index (χ0n) is 10.7. The van der Waals surface area contributed by atoms with Crippen LogP contribution in [0.5, 0.6) is 5.75 Å². The first-order chi connectivity index (χ1) is 10.1. The van der Waals surface area contributed by atoms with Gasteiger partial charge in [-0.1, -0.05) is 29.8 Å². The van der Waals surface area contributed by atoms with Gasteiger partial charge in [0.25, 0.3) is 6.04 Å². The first kappa shape index (κ1) is 13.4. The van der Waals surface area contributed by atoms with Gasteiger partial charge in [0, 0.05) is 16.0 Å². The average molecular weight is 304 g/mol. The standard InChI is InChI=1S/C14H10ClN3O3/c15-9-4-3-5-10(8-9)21-17-14-13(18(19)20)11-6-1-2-7-12(11)16-14/h1-8,13H,(H,16,17). The molecule has 1 aliphatic heterocycles. The highest BCUT2D eigenvalue weighted by atomic mass is 35.5. The van der Waals surface area contributed by atoms with Crippen LogP contribution in [0.25, 0.3) is 0 Å². The summed E-state index contributed by atoms with van der Waals surface area (Å²) in [6.07, 6.45) is 0. The third-order valence-corrected chi connectivity index (χ3v) is 3.25. The van der Waals surface area contributed by atoms with Crippen molar-refractivity contribution in [1.29, 1.82) is 0 Å². The van der Waals surface area contributed by atoms with E-state index in [1.807, 2.05) is 0 Å². The molecule has 0 radical (unpaired) electrons. The molecule has 1 unspecified atom stereocenters. The van der Waals surface area contributed by atoms with E-state index >= 15 is 0 Å². The Hall–Kier alpha value is -2.60. The number of nitro groups is 1. The summed E-state index contributed by atoms with van der Waals surface area (Å²) in [5.41, 5.74) is 3.66. The molecule has 106 valence electrons. The number of fused-ring (bicyclic) bond motifs is 1. The van der Waals surface area contributed by atoms with E-state index in [1.165, 1.54) is 0 Å². The summed E-state index contributed by atoms with van der Waals surface area (Å²) < 4.78 is 0. The molecular formula is C14H10ClN3O3. The van der Waals surface area contributed by atoms with Crippen LogP contribution in [0.1, 0.15) is 11.6 Å². The highest BCUT2D eigenvalue weighted by molar-refractivity contribution is 6.30. The topological polar surface area (TPSA) is 76.8 Å². The number of amidine groups is 1. The summed E-state index contributed by atoms with van der Waals surface area (Å²) in [5, 5.41) is 11.8. The third kappa shape index (κ3) is 2.66. The zero-order chi connectivity index (χ0) is 14.8. The van der Waals surface area contributed by atoms with Crippen molar-refractivity contribution >= 4 is 23.1 Å². The Morgan fingerprint density at radius 2 is 2.05 bits per heavy atom. The Balaban J connectivity index is 1.81. The molecule has 1 aliphatic rings. The van der Waals surface area contributed by atoms with Gasteiger partial charge in [0.2, 0.25) is 5.84 Å². The maximum absolute atomic E-state index is 11.2. The summed E-state index contributed by atoms with van der Waals surface area (Å²) in [4.78, 5) is 20.4. The van der Waals surface area contributed by atoms with Gasteiger partial charge in [-0.15, -0.1) is 0 Å². The Morgan fingerprint density at radius 1 is 1.24 bits per heavy atom. The molecule has 6 nitrogen and oxygen atoms in total. The van der Waals surface area contributed by atoms with Crippen molar-refractivity contribution in [2.24, 2.45) is 4.99 Å². The molecule has 3 rings (SSSR count).